The maximum absolute atomic E-state index is 12.8. The molecule has 3 rings (SSSR count). The Labute approximate surface area is 137 Å². The number of carbonyl (C=O) groups excluding carboxylic acids is 1. The molecule has 0 radical (unpaired) electrons. The van der Waals surface area contributed by atoms with Crippen LogP contribution in [-0.2, 0) is 0 Å². The van der Waals surface area contributed by atoms with Gasteiger partial charge < -0.3 is 10.1 Å². The van der Waals surface area contributed by atoms with E-state index < -0.39 is 0 Å². The van der Waals surface area contributed by atoms with Crippen molar-refractivity contribution in [2.24, 2.45) is 0 Å². The van der Waals surface area contributed by atoms with Crippen LogP contribution in [0.1, 0.15) is 24.5 Å². The third-order valence-electron chi connectivity index (χ3n) is 4.01. The molecule has 1 aliphatic heterocycles. The minimum Gasteiger partial charge on any atom is -0.486 e. The topological polar surface area (TPSA) is 41.6 Å². The van der Waals surface area contributed by atoms with E-state index in [4.69, 9.17) is 4.74 Å². The molecule has 0 saturated carbocycles. The Kier molecular flexibility index (Phi) is 4.24. The summed E-state index contributed by atoms with van der Waals surface area (Å²) in [4.78, 5) is 14.5. The average Bonchev–Trinajstić information content (AvgIpc) is 2.52. The Morgan fingerprint density at radius 3 is 2.61 bits per heavy atom. The number of aryl methyl sites for hydroxylation is 2. The lowest BCUT2D eigenvalue weighted by atomic mass is 10.1. The van der Waals surface area contributed by atoms with E-state index in [9.17, 15) is 4.79 Å². The number of urea groups is 1. The molecule has 1 heterocycles. The van der Waals surface area contributed by atoms with Gasteiger partial charge in [0.05, 0.1) is 12.2 Å². The van der Waals surface area contributed by atoms with Gasteiger partial charge in [-0.05, 0) is 55.7 Å². The van der Waals surface area contributed by atoms with Gasteiger partial charge >= 0.3 is 6.03 Å². The number of nitrogens with zero attached hydrogens (tertiary/aromatic N) is 1. The molecule has 2 aromatic carbocycles. The van der Waals surface area contributed by atoms with Crippen molar-refractivity contribution in [2.75, 3.05) is 16.8 Å². The third kappa shape index (κ3) is 3.31. The molecule has 120 valence electrons. The van der Waals surface area contributed by atoms with Gasteiger partial charge in [-0.3, -0.25) is 4.90 Å². The molecule has 0 bridgehead atoms. The molecular weight excluding hydrogens is 288 g/mol. The van der Waals surface area contributed by atoms with Gasteiger partial charge in [-0.1, -0.05) is 25.1 Å². The number of amides is 2. The molecule has 1 atom stereocenters. The molecule has 0 unspecified atom stereocenters. The third-order valence-corrected chi connectivity index (χ3v) is 4.01. The van der Waals surface area contributed by atoms with Gasteiger partial charge in [0.1, 0.15) is 11.9 Å². The van der Waals surface area contributed by atoms with Crippen LogP contribution in [0, 0.1) is 13.8 Å². The van der Waals surface area contributed by atoms with Crippen LogP contribution in [0.2, 0.25) is 0 Å². The average molecular weight is 310 g/mol. The van der Waals surface area contributed by atoms with Crippen molar-refractivity contribution >= 4 is 17.4 Å². The summed E-state index contributed by atoms with van der Waals surface area (Å²) in [5.74, 6) is 0.765. The molecular formula is C19H22N2O2. The van der Waals surface area contributed by atoms with Crippen molar-refractivity contribution in [1.29, 1.82) is 0 Å². The lowest BCUT2D eigenvalue weighted by Crippen LogP contribution is -2.45. The van der Waals surface area contributed by atoms with E-state index in [2.05, 4.69) is 18.3 Å². The van der Waals surface area contributed by atoms with E-state index in [1.807, 2.05) is 50.2 Å². The van der Waals surface area contributed by atoms with Crippen LogP contribution in [0.3, 0.4) is 0 Å². The molecule has 1 N–H and O–H groups in total. The van der Waals surface area contributed by atoms with E-state index in [1.165, 1.54) is 0 Å². The smallest absolute Gasteiger partial charge is 0.326 e. The van der Waals surface area contributed by atoms with E-state index in [0.717, 1.165) is 34.7 Å². The molecule has 4 nitrogen and oxygen atoms in total. The van der Waals surface area contributed by atoms with Crippen LogP contribution < -0.4 is 15.0 Å². The zero-order valence-corrected chi connectivity index (χ0v) is 13.8. The molecule has 2 amide bonds. The SMILES string of the molecule is CC[C@@H]1CN(C(=O)Nc2cc(C)cc(C)c2)c2ccccc2O1. The van der Waals surface area contributed by atoms with Crippen molar-refractivity contribution in [3.8, 4) is 5.75 Å². The van der Waals surface area contributed by atoms with Crippen molar-refractivity contribution in [3.63, 3.8) is 0 Å². The summed E-state index contributed by atoms with van der Waals surface area (Å²) in [5.41, 5.74) is 3.91. The predicted octanol–water partition coefficient (Wildman–Crippen LogP) is 4.51. The number of anilines is 2. The van der Waals surface area contributed by atoms with Gasteiger partial charge in [-0.15, -0.1) is 0 Å². The number of ether oxygens (including phenoxy) is 1. The summed E-state index contributed by atoms with van der Waals surface area (Å²) in [6.45, 7) is 6.68. The monoisotopic (exact) mass is 310 g/mol. The molecule has 23 heavy (non-hydrogen) atoms. The van der Waals surface area contributed by atoms with E-state index in [0.29, 0.717) is 6.54 Å². The summed E-state index contributed by atoms with van der Waals surface area (Å²) in [7, 11) is 0. The summed E-state index contributed by atoms with van der Waals surface area (Å²) in [6, 6.07) is 13.6. The molecule has 2 aromatic rings. The molecule has 0 saturated heterocycles. The first kappa shape index (κ1) is 15.4. The highest BCUT2D eigenvalue weighted by Gasteiger charge is 2.28. The number of nitrogens with one attached hydrogen (secondary N) is 1. The second-order valence-corrected chi connectivity index (χ2v) is 6.03. The summed E-state index contributed by atoms with van der Waals surface area (Å²) < 4.78 is 5.93. The van der Waals surface area contributed by atoms with Crippen molar-refractivity contribution in [2.45, 2.75) is 33.3 Å². The van der Waals surface area contributed by atoms with Crippen molar-refractivity contribution < 1.29 is 9.53 Å². The number of rotatable bonds is 2. The van der Waals surface area contributed by atoms with E-state index in [-0.39, 0.29) is 12.1 Å². The minimum absolute atomic E-state index is 0.0231. The molecule has 0 fully saturated rings. The van der Waals surface area contributed by atoms with Gasteiger partial charge in [-0.25, -0.2) is 4.79 Å². The lowest BCUT2D eigenvalue weighted by Gasteiger charge is -2.34. The van der Waals surface area contributed by atoms with Crippen molar-refractivity contribution in [1.82, 2.24) is 0 Å². The number of fused-ring (bicyclic) bond motifs is 1. The number of para-hydroxylation sites is 2. The van der Waals surface area contributed by atoms with Gasteiger partial charge in [0.2, 0.25) is 0 Å². The molecule has 0 spiro atoms. The minimum atomic E-state index is -0.121. The maximum atomic E-state index is 12.8. The first-order valence-corrected chi connectivity index (χ1v) is 7.99. The largest absolute Gasteiger partial charge is 0.486 e. The van der Waals surface area contributed by atoms with Gasteiger partial charge in [-0.2, -0.15) is 0 Å². The predicted molar refractivity (Wildman–Crippen MR) is 93.4 cm³/mol. The second-order valence-electron chi connectivity index (χ2n) is 6.03. The van der Waals surface area contributed by atoms with E-state index in [1.54, 1.807) is 4.90 Å². The highest BCUT2D eigenvalue weighted by Crippen LogP contribution is 2.34. The number of hydrogen-bond donors (Lipinski definition) is 1. The maximum Gasteiger partial charge on any atom is 0.326 e. The standard InChI is InChI=1S/C19H22N2O2/c1-4-16-12-21(17-7-5-6-8-18(17)23-16)19(22)20-15-10-13(2)9-14(3)11-15/h5-11,16H,4,12H2,1-3H3,(H,20,22)/t16-/m1/s1. The fourth-order valence-corrected chi connectivity index (χ4v) is 2.94. The number of carbonyl (C=O) groups is 1. The quantitative estimate of drug-likeness (QED) is 0.886. The number of hydrogen-bond acceptors (Lipinski definition) is 2. The lowest BCUT2D eigenvalue weighted by molar-refractivity contribution is 0.188. The first-order valence-electron chi connectivity index (χ1n) is 7.99. The molecule has 0 aromatic heterocycles. The van der Waals surface area contributed by atoms with E-state index >= 15 is 0 Å². The molecule has 4 heteroatoms. The summed E-state index contributed by atoms with van der Waals surface area (Å²) in [5, 5.41) is 3.01. The van der Waals surface area contributed by atoms with Gasteiger partial charge in [0.25, 0.3) is 0 Å². The van der Waals surface area contributed by atoms with Gasteiger partial charge in [0, 0.05) is 5.69 Å². The van der Waals surface area contributed by atoms with Crippen LogP contribution in [-0.4, -0.2) is 18.7 Å². The Hall–Kier alpha value is -2.49. The normalized spacial score (nSPS) is 16.5. The van der Waals surface area contributed by atoms with Crippen LogP contribution in [0.5, 0.6) is 5.75 Å². The highest BCUT2D eigenvalue weighted by atomic mass is 16.5. The highest BCUT2D eigenvalue weighted by molar-refractivity contribution is 6.03. The zero-order chi connectivity index (χ0) is 16.4. The second kappa shape index (κ2) is 6.32. The fraction of sp³-hybridized carbons (Fsp3) is 0.316. The Balaban J connectivity index is 1.86. The number of benzene rings is 2. The Morgan fingerprint density at radius 2 is 1.91 bits per heavy atom. The summed E-state index contributed by atoms with van der Waals surface area (Å²) in [6.07, 6.45) is 0.886. The zero-order valence-electron chi connectivity index (χ0n) is 13.8. The summed E-state index contributed by atoms with van der Waals surface area (Å²) >= 11 is 0. The Morgan fingerprint density at radius 1 is 1.22 bits per heavy atom. The van der Waals surface area contributed by atoms with Crippen LogP contribution >= 0.6 is 0 Å². The van der Waals surface area contributed by atoms with Crippen LogP contribution in [0.25, 0.3) is 0 Å². The fourth-order valence-electron chi connectivity index (χ4n) is 2.94. The van der Waals surface area contributed by atoms with Gasteiger partial charge in [0.15, 0.2) is 0 Å². The Bertz CT molecular complexity index is 707. The van der Waals surface area contributed by atoms with Crippen LogP contribution in [0.4, 0.5) is 16.2 Å². The van der Waals surface area contributed by atoms with Crippen LogP contribution in [0.15, 0.2) is 42.5 Å². The molecule has 1 aliphatic rings. The first-order chi connectivity index (χ1) is 11.1. The van der Waals surface area contributed by atoms with Crippen molar-refractivity contribution in [3.05, 3.63) is 53.6 Å². The molecule has 0 aliphatic carbocycles.